The number of nitrogens with one attached hydrogen (secondary N) is 1. The molecule has 1 unspecified atom stereocenters. The van der Waals surface area contributed by atoms with Gasteiger partial charge in [-0.15, -0.1) is 24.0 Å². The van der Waals surface area contributed by atoms with Gasteiger partial charge in [-0.05, 0) is 34.6 Å². The molecule has 156 valence electrons. The summed E-state index contributed by atoms with van der Waals surface area (Å²) in [6, 6.07) is 0. The van der Waals surface area contributed by atoms with Gasteiger partial charge in [0.1, 0.15) is 12.6 Å². The summed E-state index contributed by atoms with van der Waals surface area (Å²) in [4.78, 5) is 24.7. The van der Waals surface area contributed by atoms with Crippen molar-refractivity contribution in [3.8, 4) is 0 Å². The van der Waals surface area contributed by atoms with Crippen molar-refractivity contribution in [2.24, 2.45) is 4.99 Å². The monoisotopic (exact) mass is 496 g/mol. The van der Waals surface area contributed by atoms with E-state index in [1.807, 2.05) is 41.7 Å². The van der Waals surface area contributed by atoms with Crippen LogP contribution in [-0.2, 0) is 16.1 Å². The fourth-order valence-corrected chi connectivity index (χ4v) is 2.39. The molecule has 0 bridgehead atoms. The first kappa shape index (κ1) is 25.6. The molecule has 10 heteroatoms. The summed E-state index contributed by atoms with van der Waals surface area (Å²) in [6.07, 6.45) is -0.218. The van der Waals surface area contributed by atoms with Crippen LogP contribution in [0.15, 0.2) is 9.52 Å². The summed E-state index contributed by atoms with van der Waals surface area (Å²) in [7, 11) is 1.83. The second-order valence-electron chi connectivity index (χ2n) is 5.74. The highest BCUT2D eigenvalue weighted by Gasteiger charge is 2.16. The average molecular weight is 496 g/mol. The summed E-state index contributed by atoms with van der Waals surface area (Å²) in [6.45, 7) is 12.9. The Labute approximate surface area is 178 Å². The van der Waals surface area contributed by atoms with Gasteiger partial charge in [0, 0.05) is 33.3 Å². The predicted octanol–water partition coefficient (Wildman–Crippen LogP) is 2.05. The smallest absolute Gasteiger partial charge is 0.248 e. The number of likely N-dealkylation sites (N-methyl/N-ethyl adjacent to an activating group) is 2. The summed E-state index contributed by atoms with van der Waals surface area (Å²) in [5, 5.41) is 7.10. The number of carbonyl (C=O) groups is 1. The van der Waals surface area contributed by atoms with Crippen LogP contribution in [0, 0.1) is 0 Å². The zero-order valence-electron chi connectivity index (χ0n) is 17.2. The Balaban J connectivity index is 0.00000676. The fourth-order valence-electron chi connectivity index (χ4n) is 2.39. The van der Waals surface area contributed by atoms with E-state index in [0.29, 0.717) is 43.9 Å². The molecule has 1 aromatic rings. The lowest BCUT2D eigenvalue weighted by Gasteiger charge is -2.25. The second kappa shape index (κ2) is 13.7. The molecule has 0 fully saturated rings. The largest absolute Gasteiger partial charge is 0.371 e. The molecule has 0 saturated carbocycles. The highest BCUT2D eigenvalue weighted by molar-refractivity contribution is 14.0. The molecular weight excluding hydrogens is 463 g/mol. The predicted molar refractivity (Wildman–Crippen MR) is 115 cm³/mol. The van der Waals surface area contributed by atoms with Crippen LogP contribution in [0.25, 0.3) is 0 Å². The number of aromatic nitrogens is 2. The van der Waals surface area contributed by atoms with Crippen LogP contribution in [0.1, 0.15) is 52.4 Å². The van der Waals surface area contributed by atoms with Crippen LogP contribution < -0.4 is 5.32 Å². The van der Waals surface area contributed by atoms with Gasteiger partial charge in [-0.3, -0.25) is 4.79 Å². The Morgan fingerprint density at radius 2 is 1.96 bits per heavy atom. The molecular formula is C17H33IN6O3. The van der Waals surface area contributed by atoms with E-state index in [1.165, 1.54) is 0 Å². The van der Waals surface area contributed by atoms with Crippen molar-refractivity contribution in [2.45, 2.75) is 47.3 Å². The molecule has 0 radical (unpaired) electrons. The maximum Gasteiger partial charge on any atom is 0.248 e. The molecule has 1 aromatic heterocycles. The average Bonchev–Trinajstić information content (AvgIpc) is 3.08. The molecule has 0 spiro atoms. The Bertz CT molecular complexity index is 577. The molecule has 0 aliphatic rings. The quantitative estimate of drug-likeness (QED) is 0.301. The van der Waals surface area contributed by atoms with Crippen LogP contribution >= 0.6 is 24.0 Å². The maximum absolute atomic E-state index is 12.3. The number of aliphatic imine (C=N–C) groups is 1. The second-order valence-corrected chi connectivity index (χ2v) is 5.74. The maximum atomic E-state index is 12.3. The summed E-state index contributed by atoms with van der Waals surface area (Å²) < 4.78 is 10.7. The molecule has 0 aromatic carbocycles. The summed E-state index contributed by atoms with van der Waals surface area (Å²) in [5.74, 6) is 1.59. The first-order valence-electron chi connectivity index (χ1n) is 9.17. The Morgan fingerprint density at radius 1 is 1.30 bits per heavy atom. The van der Waals surface area contributed by atoms with Gasteiger partial charge < -0.3 is 24.4 Å². The van der Waals surface area contributed by atoms with Gasteiger partial charge in [0.15, 0.2) is 11.8 Å². The van der Waals surface area contributed by atoms with Gasteiger partial charge >= 0.3 is 0 Å². The number of nitrogens with zero attached hydrogens (tertiary/aromatic N) is 5. The third-order valence-corrected chi connectivity index (χ3v) is 3.81. The number of hydrogen-bond donors (Lipinski definition) is 1. The minimum Gasteiger partial charge on any atom is -0.371 e. The standard InChI is InChI=1S/C17H32N6O3.HI/c1-7-18-17(22(6)12-15(24)23(8-2)9-3)19-11-14-20-16(21-26-14)13(5)25-10-4;/h13H,7-12H2,1-6H3,(H,18,19);1H. The van der Waals surface area contributed by atoms with Crippen molar-refractivity contribution in [2.75, 3.05) is 39.8 Å². The molecule has 1 amide bonds. The van der Waals surface area contributed by atoms with E-state index in [4.69, 9.17) is 9.26 Å². The van der Waals surface area contributed by atoms with E-state index in [9.17, 15) is 4.79 Å². The Morgan fingerprint density at radius 3 is 2.52 bits per heavy atom. The number of hydrogen-bond acceptors (Lipinski definition) is 6. The van der Waals surface area contributed by atoms with Gasteiger partial charge in [0.05, 0.1) is 6.54 Å². The molecule has 0 saturated heterocycles. The van der Waals surface area contributed by atoms with Gasteiger partial charge in [-0.1, -0.05) is 5.16 Å². The molecule has 1 rings (SSSR count). The molecule has 1 heterocycles. The lowest BCUT2D eigenvalue weighted by atomic mass is 10.4. The van der Waals surface area contributed by atoms with E-state index in [0.717, 1.165) is 0 Å². The number of halogens is 1. The van der Waals surface area contributed by atoms with Crippen molar-refractivity contribution in [3.05, 3.63) is 11.7 Å². The number of guanidine groups is 1. The van der Waals surface area contributed by atoms with Gasteiger partial charge in [-0.2, -0.15) is 4.98 Å². The number of ether oxygens (including phenoxy) is 1. The van der Waals surface area contributed by atoms with Gasteiger partial charge in [0.25, 0.3) is 0 Å². The van der Waals surface area contributed by atoms with Crippen molar-refractivity contribution < 1.29 is 14.1 Å². The first-order chi connectivity index (χ1) is 12.5. The Hall–Kier alpha value is -1.43. The molecule has 9 nitrogen and oxygen atoms in total. The molecule has 27 heavy (non-hydrogen) atoms. The number of carbonyl (C=O) groups excluding carboxylic acids is 1. The van der Waals surface area contributed by atoms with Gasteiger partial charge in [-0.25, -0.2) is 4.99 Å². The first-order valence-corrected chi connectivity index (χ1v) is 9.17. The van der Waals surface area contributed by atoms with E-state index >= 15 is 0 Å². The molecule has 0 aliphatic carbocycles. The van der Waals surface area contributed by atoms with E-state index in [1.54, 1.807) is 9.80 Å². The van der Waals surface area contributed by atoms with Crippen LogP contribution in [0.5, 0.6) is 0 Å². The fraction of sp³-hybridized carbons (Fsp3) is 0.765. The third-order valence-electron chi connectivity index (χ3n) is 3.81. The van der Waals surface area contributed by atoms with Crippen LogP contribution in [0.3, 0.4) is 0 Å². The van der Waals surface area contributed by atoms with Crippen LogP contribution in [0.2, 0.25) is 0 Å². The summed E-state index contributed by atoms with van der Waals surface area (Å²) in [5.41, 5.74) is 0. The SMILES string of the molecule is CCNC(=NCc1nc(C(C)OCC)no1)N(C)CC(=O)N(CC)CC.I. The Kier molecular flexibility index (Phi) is 13.0. The summed E-state index contributed by atoms with van der Waals surface area (Å²) >= 11 is 0. The minimum absolute atomic E-state index is 0. The molecule has 1 atom stereocenters. The van der Waals surface area contributed by atoms with Crippen LogP contribution in [-0.4, -0.2) is 71.6 Å². The topological polar surface area (TPSA) is 96.1 Å². The van der Waals surface area contributed by atoms with Crippen molar-refractivity contribution >= 4 is 35.8 Å². The zero-order valence-corrected chi connectivity index (χ0v) is 19.5. The normalized spacial score (nSPS) is 12.3. The van der Waals surface area contributed by atoms with Crippen LogP contribution in [0.4, 0.5) is 0 Å². The highest BCUT2D eigenvalue weighted by Crippen LogP contribution is 2.13. The number of rotatable bonds is 10. The van der Waals surface area contributed by atoms with E-state index in [2.05, 4.69) is 20.4 Å². The van der Waals surface area contributed by atoms with Gasteiger partial charge in [0.2, 0.25) is 11.8 Å². The minimum atomic E-state index is -0.218. The lowest BCUT2D eigenvalue weighted by Crippen LogP contribution is -2.45. The number of amides is 1. The van der Waals surface area contributed by atoms with Crippen molar-refractivity contribution in [3.63, 3.8) is 0 Å². The third kappa shape index (κ3) is 8.41. The van der Waals surface area contributed by atoms with Crippen molar-refractivity contribution in [1.82, 2.24) is 25.3 Å². The zero-order chi connectivity index (χ0) is 19.5. The lowest BCUT2D eigenvalue weighted by molar-refractivity contribution is -0.131. The highest BCUT2D eigenvalue weighted by atomic mass is 127. The molecule has 1 N–H and O–H groups in total. The van der Waals surface area contributed by atoms with Crippen molar-refractivity contribution in [1.29, 1.82) is 0 Å². The van der Waals surface area contributed by atoms with E-state index in [-0.39, 0.29) is 49.1 Å². The van der Waals surface area contributed by atoms with E-state index < -0.39 is 0 Å². The molecule has 0 aliphatic heterocycles.